The lowest BCUT2D eigenvalue weighted by molar-refractivity contribution is -1.18. The molecule has 1 saturated carbocycles. The van der Waals surface area contributed by atoms with Crippen molar-refractivity contribution in [3.63, 3.8) is 0 Å². The Morgan fingerprint density at radius 1 is 1.24 bits per heavy atom. The molecule has 4 rings (SSSR count). The molecular weight excluding hydrogens is 437 g/mol. The summed E-state index contributed by atoms with van der Waals surface area (Å²) in [5, 5.41) is 8.89. The Hall–Kier alpha value is -1.24. The number of alkyl halides is 3. The van der Waals surface area contributed by atoms with E-state index in [-0.39, 0.29) is 59.6 Å². The van der Waals surface area contributed by atoms with Gasteiger partial charge in [0, 0.05) is 33.2 Å². The van der Waals surface area contributed by atoms with Gasteiger partial charge in [-0.15, -0.1) is 10.9 Å². The monoisotopic (exact) mass is 475 g/mol. The van der Waals surface area contributed by atoms with Crippen molar-refractivity contribution in [2.45, 2.75) is 69.0 Å². The molecule has 0 aromatic heterocycles. The second kappa shape index (κ2) is 9.43. The van der Waals surface area contributed by atoms with E-state index in [1.54, 1.807) is 24.1 Å². The Morgan fingerprint density at radius 3 is 2.61 bits per heavy atom. The minimum absolute atomic E-state index is 0.00633. The number of likely N-dealkylation sites (tertiary alicyclic amines) is 1. The van der Waals surface area contributed by atoms with Gasteiger partial charge in [0.1, 0.15) is 6.54 Å². The van der Waals surface area contributed by atoms with Crippen molar-refractivity contribution >= 4 is 5.91 Å². The molecule has 4 fully saturated rings. The standard InChI is InChI=1S/C22H38F3N6O2/c1-4-19(32)30-10-8-16-17(13-30)27-21(14-6-5-7-15(12-14)22(23,24)25)28-20(16)18-9-11-31(18,26)33-29(2)3/h4,14-18,20-21,27-28H,1,5-13,26H2,2-3H3/q+1. The van der Waals surface area contributed by atoms with Gasteiger partial charge >= 0.3 is 6.18 Å². The predicted octanol–water partition coefficient (Wildman–Crippen LogP) is 1.52. The molecule has 4 aliphatic rings. The van der Waals surface area contributed by atoms with E-state index < -0.39 is 12.1 Å². The maximum atomic E-state index is 13.5. The maximum absolute atomic E-state index is 13.5. The third-order valence-corrected chi connectivity index (χ3v) is 8.09. The molecule has 8 unspecified atom stereocenters. The highest BCUT2D eigenvalue weighted by Crippen LogP contribution is 2.43. The van der Waals surface area contributed by atoms with Crippen LogP contribution in [0, 0.1) is 17.8 Å². The Morgan fingerprint density at radius 2 is 2.00 bits per heavy atom. The molecule has 0 radical (unpaired) electrons. The summed E-state index contributed by atoms with van der Waals surface area (Å²) in [4.78, 5) is 20.0. The molecule has 8 atom stereocenters. The topological polar surface area (TPSA) is 82.9 Å². The van der Waals surface area contributed by atoms with Crippen LogP contribution in [0.15, 0.2) is 12.7 Å². The summed E-state index contributed by atoms with van der Waals surface area (Å²) in [5.41, 5.74) is 0. The molecule has 1 aliphatic carbocycles. The van der Waals surface area contributed by atoms with Crippen molar-refractivity contribution in [2.24, 2.45) is 23.6 Å². The fourth-order valence-electron chi connectivity index (χ4n) is 6.40. The highest BCUT2D eigenvalue weighted by atomic mass is 19.4. The Labute approximate surface area is 193 Å². The summed E-state index contributed by atoms with van der Waals surface area (Å²) in [6, 6.07) is -0.0288. The van der Waals surface area contributed by atoms with Crippen molar-refractivity contribution in [3.8, 4) is 0 Å². The van der Waals surface area contributed by atoms with E-state index in [2.05, 4.69) is 17.2 Å². The van der Waals surface area contributed by atoms with Crippen LogP contribution in [0.5, 0.6) is 0 Å². The number of piperidine rings is 1. The molecule has 3 heterocycles. The molecule has 4 N–H and O–H groups in total. The first kappa shape index (κ1) is 24.9. The number of hydrogen-bond donors (Lipinski definition) is 3. The number of nitrogens with one attached hydrogen (secondary N) is 2. The first-order valence-electron chi connectivity index (χ1n) is 12.1. The van der Waals surface area contributed by atoms with Crippen LogP contribution in [-0.4, -0.2) is 84.8 Å². The number of carbonyl (C=O) groups is 1. The van der Waals surface area contributed by atoms with Gasteiger partial charge in [-0.1, -0.05) is 22.7 Å². The number of hydrogen-bond acceptors (Lipinski definition) is 6. The molecule has 1 amide bonds. The number of quaternary nitrogens is 1. The molecule has 3 aliphatic heterocycles. The molecule has 33 heavy (non-hydrogen) atoms. The lowest BCUT2D eigenvalue weighted by atomic mass is 9.73. The van der Waals surface area contributed by atoms with Crippen molar-refractivity contribution < 1.29 is 27.7 Å². The van der Waals surface area contributed by atoms with Crippen LogP contribution < -0.4 is 16.5 Å². The first-order valence-corrected chi connectivity index (χ1v) is 12.1. The summed E-state index contributed by atoms with van der Waals surface area (Å²) in [5.74, 6) is 5.29. The van der Waals surface area contributed by atoms with Gasteiger partial charge in [-0.05, 0) is 43.6 Å². The first-order chi connectivity index (χ1) is 15.5. The average molecular weight is 476 g/mol. The van der Waals surface area contributed by atoms with E-state index in [9.17, 15) is 18.0 Å². The molecule has 8 nitrogen and oxygen atoms in total. The number of halogens is 3. The van der Waals surface area contributed by atoms with Crippen LogP contribution in [0.2, 0.25) is 0 Å². The lowest BCUT2D eigenvalue weighted by Crippen LogP contribution is -2.81. The number of hydroxylamine groups is 4. The molecule has 188 valence electrons. The van der Waals surface area contributed by atoms with Crippen molar-refractivity contribution in [3.05, 3.63) is 12.7 Å². The van der Waals surface area contributed by atoms with Crippen LogP contribution in [0.3, 0.4) is 0 Å². The number of nitrogens with zero attached hydrogens (tertiary/aromatic N) is 3. The average Bonchev–Trinajstić information content (AvgIpc) is 2.76. The van der Waals surface area contributed by atoms with E-state index in [1.807, 2.05) is 0 Å². The van der Waals surface area contributed by atoms with E-state index >= 15 is 0 Å². The van der Waals surface area contributed by atoms with E-state index in [1.165, 1.54) is 6.08 Å². The van der Waals surface area contributed by atoms with Gasteiger partial charge in [-0.3, -0.25) is 15.4 Å². The second-order valence-electron chi connectivity index (χ2n) is 10.4. The quantitative estimate of drug-likeness (QED) is 0.242. The Balaban J connectivity index is 1.55. The highest BCUT2D eigenvalue weighted by molar-refractivity contribution is 5.87. The van der Waals surface area contributed by atoms with Gasteiger partial charge in [-0.25, -0.2) is 0 Å². The third-order valence-electron chi connectivity index (χ3n) is 8.09. The lowest BCUT2D eigenvalue weighted by Gasteiger charge is -2.56. The SMILES string of the molecule is C=CC(=O)N1CCC2C(C1)NC(C1CCCC(C(F)(F)F)C1)NC2C1CC[N+]1(N)ON(C)C. The normalized spacial score (nSPS) is 41.9. The smallest absolute Gasteiger partial charge is 0.338 e. The number of nitrogens with two attached hydrogens (primary N) is 1. The highest BCUT2D eigenvalue weighted by Gasteiger charge is 2.58. The van der Waals surface area contributed by atoms with Crippen LogP contribution >= 0.6 is 0 Å². The van der Waals surface area contributed by atoms with Gasteiger partial charge in [0.2, 0.25) is 5.91 Å². The van der Waals surface area contributed by atoms with Crippen LogP contribution in [-0.2, 0) is 9.73 Å². The maximum Gasteiger partial charge on any atom is 0.391 e. The van der Waals surface area contributed by atoms with Crippen LogP contribution in [0.1, 0.15) is 38.5 Å². The molecule has 0 aromatic carbocycles. The molecule has 0 spiro atoms. The molecule has 0 aromatic rings. The van der Waals surface area contributed by atoms with E-state index in [0.717, 1.165) is 19.3 Å². The van der Waals surface area contributed by atoms with Gasteiger partial charge in [0.15, 0.2) is 6.04 Å². The van der Waals surface area contributed by atoms with E-state index in [0.29, 0.717) is 26.1 Å². The summed E-state index contributed by atoms with van der Waals surface area (Å²) in [6.45, 7) is 5.42. The molecule has 3 saturated heterocycles. The zero-order valence-corrected chi connectivity index (χ0v) is 19.6. The number of fused-ring (bicyclic) bond motifs is 1. The van der Waals surface area contributed by atoms with Crippen LogP contribution in [0.25, 0.3) is 0 Å². The van der Waals surface area contributed by atoms with Crippen LogP contribution in [0.4, 0.5) is 13.2 Å². The predicted molar refractivity (Wildman–Crippen MR) is 117 cm³/mol. The molecule has 11 heteroatoms. The minimum atomic E-state index is -4.16. The summed E-state index contributed by atoms with van der Waals surface area (Å²) < 4.78 is 40.4. The summed E-state index contributed by atoms with van der Waals surface area (Å²) >= 11 is 0. The number of carbonyl (C=O) groups excluding carboxylic acids is 1. The number of amides is 1. The van der Waals surface area contributed by atoms with Crippen molar-refractivity contribution in [1.29, 1.82) is 0 Å². The summed E-state index contributed by atoms with van der Waals surface area (Å²) in [7, 11) is 3.59. The summed E-state index contributed by atoms with van der Waals surface area (Å²) in [6.07, 6.45) is 0.207. The minimum Gasteiger partial charge on any atom is -0.338 e. The molecular formula is C22H38F3N6O2+. The van der Waals surface area contributed by atoms with Gasteiger partial charge in [-0.2, -0.15) is 13.2 Å². The zero-order chi connectivity index (χ0) is 24.0. The second-order valence-corrected chi connectivity index (χ2v) is 10.4. The fraction of sp³-hybridized carbons (Fsp3) is 0.864. The van der Waals surface area contributed by atoms with Crippen molar-refractivity contribution in [2.75, 3.05) is 33.7 Å². The Bertz CT molecular complexity index is 737. The fourth-order valence-corrected chi connectivity index (χ4v) is 6.40. The molecule has 0 bridgehead atoms. The van der Waals surface area contributed by atoms with Crippen molar-refractivity contribution in [1.82, 2.24) is 20.6 Å². The Kier molecular flexibility index (Phi) is 7.10. The number of rotatable bonds is 5. The largest absolute Gasteiger partial charge is 0.391 e. The van der Waals surface area contributed by atoms with Gasteiger partial charge in [0.05, 0.1) is 24.5 Å². The van der Waals surface area contributed by atoms with E-state index in [4.69, 9.17) is 10.8 Å². The third kappa shape index (κ3) is 5.08. The van der Waals surface area contributed by atoms with Gasteiger partial charge < -0.3 is 4.90 Å². The van der Waals surface area contributed by atoms with Gasteiger partial charge in [0.25, 0.3) is 0 Å². The zero-order valence-electron chi connectivity index (χ0n) is 19.6.